The normalized spacial score (nSPS) is 24.3. The summed E-state index contributed by atoms with van der Waals surface area (Å²) in [6.45, 7) is 4.03. The molecule has 6 nitrogen and oxygen atoms in total. The Kier molecular flexibility index (Phi) is 7.35. The van der Waals surface area contributed by atoms with Gasteiger partial charge in [0.05, 0.1) is 29.5 Å². The van der Waals surface area contributed by atoms with Crippen LogP contribution in [0.1, 0.15) is 28.1 Å². The molecule has 1 saturated heterocycles. The van der Waals surface area contributed by atoms with Gasteiger partial charge >= 0.3 is 0 Å². The summed E-state index contributed by atoms with van der Waals surface area (Å²) in [5, 5.41) is 7.41. The number of nitrogens with one attached hydrogen (secondary N) is 2. The van der Waals surface area contributed by atoms with Gasteiger partial charge in [0.1, 0.15) is 0 Å². The number of hydrogen-bond donors (Lipinski definition) is 3. The van der Waals surface area contributed by atoms with E-state index in [1.807, 2.05) is 42.6 Å². The fourth-order valence-electron chi connectivity index (χ4n) is 6.18. The van der Waals surface area contributed by atoms with Crippen molar-refractivity contribution in [2.24, 2.45) is 5.73 Å². The fourth-order valence-corrected chi connectivity index (χ4v) is 6.18. The number of rotatable bonds is 8. The number of allylic oxidation sites excluding steroid dienone is 7. The van der Waals surface area contributed by atoms with Crippen LogP contribution in [0.25, 0.3) is 16.8 Å². The van der Waals surface area contributed by atoms with Gasteiger partial charge in [0.25, 0.3) is 0 Å². The van der Waals surface area contributed by atoms with E-state index in [0.717, 1.165) is 35.6 Å². The summed E-state index contributed by atoms with van der Waals surface area (Å²) in [6.07, 6.45) is 24.3. The summed E-state index contributed by atoms with van der Waals surface area (Å²) >= 11 is 0. The molecule has 4 aliphatic heterocycles. The number of fused-ring (bicyclic) bond motifs is 1. The number of aromatic nitrogens is 2. The lowest BCUT2D eigenvalue weighted by Crippen LogP contribution is -2.39. The van der Waals surface area contributed by atoms with Crippen LogP contribution in [0.2, 0.25) is 0 Å². The maximum absolute atomic E-state index is 6.61. The minimum absolute atomic E-state index is 0.0780. The van der Waals surface area contributed by atoms with Crippen LogP contribution >= 0.6 is 0 Å². The molecule has 0 bridgehead atoms. The Hall–Kier alpha value is -4.94. The van der Waals surface area contributed by atoms with Crippen molar-refractivity contribution in [2.45, 2.75) is 31.5 Å². The van der Waals surface area contributed by atoms with Crippen molar-refractivity contribution >= 4 is 16.8 Å². The maximum Gasteiger partial charge on any atom is 0.0859 e. The number of hydrogen-bond acceptors (Lipinski definition) is 6. The first-order valence-corrected chi connectivity index (χ1v) is 15.0. The van der Waals surface area contributed by atoms with Crippen LogP contribution in [0.4, 0.5) is 0 Å². The van der Waals surface area contributed by atoms with E-state index >= 15 is 0 Å². The van der Waals surface area contributed by atoms with E-state index in [0.29, 0.717) is 24.2 Å². The molecule has 2 aromatic heterocycles. The summed E-state index contributed by atoms with van der Waals surface area (Å²) in [6, 6.07) is 19.6. The second-order valence-corrected chi connectivity index (χ2v) is 11.4. The Balaban J connectivity index is 1.28. The Morgan fingerprint density at radius 2 is 1.93 bits per heavy atom. The Labute approximate surface area is 253 Å². The first-order valence-electron chi connectivity index (χ1n) is 15.0. The topological polar surface area (TPSA) is 78.9 Å². The molecule has 0 radical (unpaired) electrons. The standard InChI is InChI=1S/C37H36N6/c1-25-19-27(26(13-14-30-9-2-5-15-39-30)22-31(38)32-10-3-6-16-40-32)21-28(20-25)29-23-34(33-11-4-7-17-41-33)42-35(24-29)37-36-12-8-18-43(36)37/h2-13,15-16,19-24,34,36-37,41-42H,14,17-18,38H2,1H3/b26-13+,31-22-. The molecule has 4 unspecified atom stereocenters. The number of pyridine rings is 2. The highest BCUT2D eigenvalue weighted by atomic mass is 15.4. The first kappa shape index (κ1) is 26.9. The number of dihydropyridines is 2. The third-order valence-electron chi connectivity index (χ3n) is 8.37. The van der Waals surface area contributed by atoms with Crippen molar-refractivity contribution in [1.29, 1.82) is 0 Å². The molecule has 0 amide bonds. The molecule has 0 saturated carbocycles. The summed E-state index contributed by atoms with van der Waals surface area (Å²) < 4.78 is 0. The minimum atomic E-state index is 0.0780. The minimum Gasteiger partial charge on any atom is -0.397 e. The van der Waals surface area contributed by atoms with Gasteiger partial charge in [-0.1, -0.05) is 54.6 Å². The maximum atomic E-state index is 6.61. The molecule has 7 rings (SSSR count). The van der Waals surface area contributed by atoms with Crippen molar-refractivity contribution in [3.8, 4) is 0 Å². The Morgan fingerprint density at radius 1 is 1.05 bits per heavy atom. The zero-order valence-electron chi connectivity index (χ0n) is 24.3. The highest BCUT2D eigenvalue weighted by Crippen LogP contribution is 2.40. The van der Waals surface area contributed by atoms with Gasteiger partial charge in [-0.2, -0.15) is 0 Å². The van der Waals surface area contributed by atoms with Gasteiger partial charge in [-0.3, -0.25) is 14.9 Å². The molecule has 0 spiro atoms. The van der Waals surface area contributed by atoms with E-state index in [1.165, 1.54) is 28.1 Å². The third-order valence-corrected chi connectivity index (χ3v) is 8.37. The van der Waals surface area contributed by atoms with Crippen LogP contribution in [0, 0.1) is 6.92 Å². The molecule has 4 N–H and O–H groups in total. The molecular formula is C37H36N6. The smallest absolute Gasteiger partial charge is 0.0859 e. The summed E-state index contributed by atoms with van der Waals surface area (Å²) in [5.74, 6) is 0. The van der Waals surface area contributed by atoms with Gasteiger partial charge < -0.3 is 16.4 Å². The van der Waals surface area contributed by atoms with E-state index in [9.17, 15) is 0 Å². The number of nitrogens with zero attached hydrogens (tertiary/aromatic N) is 3. The lowest BCUT2D eigenvalue weighted by atomic mass is 9.91. The van der Waals surface area contributed by atoms with Gasteiger partial charge in [0.2, 0.25) is 0 Å². The van der Waals surface area contributed by atoms with Crippen molar-refractivity contribution in [1.82, 2.24) is 25.5 Å². The van der Waals surface area contributed by atoms with Crippen LogP contribution in [0.15, 0.2) is 133 Å². The highest BCUT2D eigenvalue weighted by Gasteiger charge is 2.50. The highest BCUT2D eigenvalue weighted by molar-refractivity contribution is 5.85. The van der Waals surface area contributed by atoms with Crippen LogP contribution in [-0.4, -0.2) is 46.1 Å². The first-order chi connectivity index (χ1) is 21.1. The van der Waals surface area contributed by atoms with Crippen molar-refractivity contribution in [3.05, 3.63) is 161 Å². The van der Waals surface area contributed by atoms with Crippen molar-refractivity contribution in [3.63, 3.8) is 0 Å². The van der Waals surface area contributed by atoms with E-state index in [-0.39, 0.29) is 6.04 Å². The van der Waals surface area contributed by atoms with Crippen LogP contribution in [-0.2, 0) is 6.42 Å². The van der Waals surface area contributed by atoms with E-state index in [4.69, 9.17) is 5.73 Å². The Bertz CT molecular complexity index is 1730. The van der Waals surface area contributed by atoms with Crippen LogP contribution < -0.4 is 16.4 Å². The second-order valence-electron chi connectivity index (χ2n) is 11.4. The van der Waals surface area contributed by atoms with Crippen molar-refractivity contribution in [2.75, 3.05) is 13.1 Å². The third kappa shape index (κ3) is 5.87. The number of aryl methyl sites for hydroxylation is 1. The average Bonchev–Trinajstić information content (AvgIpc) is 3.54. The molecular weight excluding hydrogens is 528 g/mol. The zero-order valence-corrected chi connectivity index (χ0v) is 24.3. The van der Waals surface area contributed by atoms with Gasteiger partial charge in [-0.15, -0.1) is 0 Å². The Morgan fingerprint density at radius 3 is 2.67 bits per heavy atom. The lowest BCUT2D eigenvalue weighted by molar-refractivity contribution is 0.559. The van der Waals surface area contributed by atoms with Crippen molar-refractivity contribution < 1.29 is 0 Å². The average molecular weight is 565 g/mol. The molecule has 4 atom stereocenters. The second kappa shape index (κ2) is 11.7. The lowest BCUT2D eigenvalue weighted by Gasteiger charge is -2.29. The van der Waals surface area contributed by atoms with Gasteiger partial charge in [-0.25, -0.2) is 0 Å². The summed E-state index contributed by atoms with van der Waals surface area (Å²) in [7, 11) is 0. The van der Waals surface area contributed by atoms with Gasteiger partial charge in [-0.05, 0) is 89.4 Å². The molecule has 6 heterocycles. The quantitative estimate of drug-likeness (QED) is 0.195. The van der Waals surface area contributed by atoms with Crippen LogP contribution in [0.5, 0.6) is 0 Å². The SMILES string of the molecule is Cc1cc(C2=CC(C3=CC=CCN3)NC(C3C4C=CCN43)=C2)cc(C(/C=C(\N)c2ccccn2)=C/Cc2ccccn2)c1. The predicted octanol–water partition coefficient (Wildman–Crippen LogP) is 5.32. The molecule has 43 heavy (non-hydrogen) atoms. The largest absolute Gasteiger partial charge is 0.397 e. The molecule has 6 heteroatoms. The summed E-state index contributed by atoms with van der Waals surface area (Å²) in [5.41, 5.74) is 17.2. The van der Waals surface area contributed by atoms with E-state index < -0.39 is 0 Å². The molecule has 4 aliphatic rings. The zero-order chi connectivity index (χ0) is 29.2. The molecule has 214 valence electrons. The molecule has 1 aromatic carbocycles. The van der Waals surface area contributed by atoms with E-state index in [2.05, 4.69) is 105 Å². The molecule has 3 aromatic rings. The number of benzene rings is 1. The predicted molar refractivity (Wildman–Crippen MR) is 175 cm³/mol. The van der Waals surface area contributed by atoms with Crippen LogP contribution in [0.3, 0.4) is 0 Å². The van der Waals surface area contributed by atoms with Gasteiger partial charge in [0.15, 0.2) is 0 Å². The monoisotopic (exact) mass is 564 g/mol. The summed E-state index contributed by atoms with van der Waals surface area (Å²) in [4.78, 5) is 11.5. The van der Waals surface area contributed by atoms with E-state index in [1.54, 1.807) is 6.20 Å². The number of nitrogens with two attached hydrogens (primary N) is 1. The van der Waals surface area contributed by atoms with Gasteiger partial charge in [0, 0.05) is 49.0 Å². The fraction of sp³-hybridized carbons (Fsp3) is 0.189. The molecule has 0 aliphatic carbocycles. The molecule has 1 fully saturated rings.